The number of rotatable bonds is 0. The van der Waals surface area contributed by atoms with E-state index in [9.17, 15) is 4.79 Å². The maximum atomic E-state index is 11.1. The molecule has 2 atom stereocenters. The lowest BCUT2D eigenvalue weighted by Gasteiger charge is -2.23. The lowest BCUT2D eigenvalue weighted by Crippen LogP contribution is -2.38. The third kappa shape index (κ3) is 0.917. The molecule has 1 saturated heterocycles. The van der Waals surface area contributed by atoms with Crippen molar-refractivity contribution in [1.82, 2.24) is 5.32 Å². The van der Waals surface area contributed by atoms with Crippen LogP contribution >= 0.6 is 0 Å². The predicted molar refractivity (Wildman–Crippen MR) is 40.5 cm³/mol. The van der Waals surface area contributed by atoms with Crippen LogP contribution in [0.2, 0.25) is 0 Å². The van der Waals surface area contributed by atoms with E-state index >= 15 is 0 Å². The molecule has 10 heavy (non-hydrogen) atoms. The van der Waals surface area contributed by atoms with Crippen molar-refractivity contribution < 1.29 is 4.79 Å². The van der Waals surface area contributed by atoms with E-state index in [-0.39, 0.29) is 17.4 Å². The number of hydrogen-bond acceptors (Lipinski definition) is 1. The van der Waals surface area contributed by atoms with Crippen molar-refractivity contribution in [1.29, 1.82) is 0 Å². The zero-order valence-corrected chi connectivity index (χ0v) is 7.06. The largest absolute Gasteiger partial charge is 0.351 e. The number of carbonyl (C=O) groups is 1. The number of amides is 1. The van der Waals surface area contributed by atoms with Crippen LogP contribution in [0.1, 0.15) is 27.7 Å². The third-order valence-electron chi connectivity index (χ3n) is 2.75. The summed E-state index contributed by atoms with van der Waals surface area (Å²) in [5.74, 6) is 0.812. The van der Waals surface area contributed by atoms with Crippen LogP contribution in [-0.2, 0) is 4.79 Å². The lowest BCUT2D eigenvalue weighted by atomic mass is 9.85. The molecule has 0 radical (unpaired) electrons. The zero-order chi connectivity index (χ0) is 7.94. The molecule has 2 nitrogen and oxygen atoms in total. The molecule has 1 fully saturated rings. The summed E-state index contributed by atoms with van der Waals surface area (Å²) in [6.45, 7) is 8.23. The zero-order valence-electron chi connectivity index (χ0n) is 7.06. The topological polar surface area (TPSA) is 29.1 Å². The van der Waals surface area contributed by atoms with Gasteiger partial charge >= 0.3 is 0 Å². The molecule has 1 aliphatic heterocycles. The molecule has 0 aromatic rings. The average Bonchev–Trinajstić information content (AvgIpc) is 1.95. The smallest absolute Gasteiger partial charge is 0.223 e. The minimum Gasteiger partial charge on any atom is -0.351 e. The van der Waals surface area contributed by atoms with E-state index in [1.165, 1.54) is 0 Å². The SMILES string of the molecule is CC1C(=O)NC(C)(C)C1C. The van der Waals surface area contributed by atoms with Crippen LogP contribution < -0.4 is 5.32 Å². The van der Waals surface area contributed by atoms with Crippen LogP contribution in [0.25, 0.3) is 0 Å². The first-order valence-electron chi connectivity index (χ1n) is 3.77. The molecule has 1 rings (SSSR count). The van der Waals surface area contributed by atoms with E-state index < -0.39 is 0 Å². The van der Waals surface area contributed by atoms with Gasteiger partial charge in [0, 0.05) is 11.5 Å². The maximum absolute atomic E-state index is 11.1. The van der Waals surface area contributed by atoms with Crippen molar-refractivity contribution in [2.24, 2.45) is 11.8 Å². The van der Waals surface area contributed by atoms with Crippen LogP contribution in [0.4, 0.5) is 0 Å². The summed E-state index contributed by atoms with van der Waals surface area (Å²) in [6.07, 6.45) is 0. The molecule has 58 valence electrons. The minimum atomic E-state index is -0.00347. The van der Waals surface area contributed by atoms with Crippen molar-refractivity contribution >= 4 is 5.91 Å². The van der Waals surface area contributed by atoms with Gasteiger partial charge in [0.05, 0.1) is 0 Å². The predicted octanol–water partition coefficient (Wildman–Crippen LogP) is 1.17. The highest BCUT2D eigenvalue weighted by atomic mass is 16.2. The van der Waals surface area contributed by atoms with Gasteiger partial charge < -0.3 is 5.32 Å². The quantitative estimate of drug-likeness (QED) is 0.539. The molecule has 0 aromatic carbocycles. The first kappa shape index (κ1) is 7.58. The minimum absolute atomic E-state index is 0.00347. The molecule has 0 bridgehead atoms. The normalized spacial score (nSPS) is 37.8. The number of nitrogens with one attached hydrogen (secondary N) is 1. The molecule has 0 saturated carbocycles. The Bertz CT molecular complexity index is 163. The average molecular weight is 141 g/mol. The summed E-state index contributed by atoms with van der Waals surface area (Å²) in [7, 11) is 0. The highest BCUT2D eigenvalue weighted by Gasteiger charge is 2.41. The summed E-state index contributed by atoms with van der Waals surface area (Å²) in [6, 6.07) is 0. The summed E-state index contributed by atoms with van der Waals surface area (Å²) in [5, 5.41) is 2.95. The van der Waals surface area contributed by atoms with E-state index in [0.29, 0.717) is 5.92 Å². The second kappa shape index (κ2) is 1.97. The van der Waals surface area contributed by atoms with Crippen molar-refractivity contribution in [3.63, 3.8) is 0 Å². The van der Waals surface area contributed by atoms with Gasteiger partial charge in [-0.2, -0.15) is 0 Å². The van der Waals surface area contributed by atoms with Gasteiger partial charge in [-0.1, -0.05) is 13.8 Å². The lowest BCUT2D eigenvalue weighted by molar-refractivity contribution is -0.122. The molecule has 1 heterocycles. The Hall–Kier alpha value is -0.530. The van der Waals surface area contributed by atoms with Crippen LogP contribution in [0, 0.1) is 11.8 Å². The fourth-order valence-corrected chi connectivity index (χ4v) is 1.40. The maximum Gasteiger partial charge on any atom is 0.223 e. The molecule has 1 aliphatic rings. The van der Waals surface area contributed by atoms with Crippen molar-refractivity contribution in [2.75, 3.05) is 0 Å². The molecule has 2 heteroatoms. The number of hydrogen-bond donors (Lipinski definition) is 1. The van der Waals surface area contributed by atoms with Gasteiger partial charge in [-0.15, -0.1) is 0 Å². The molecule has 0 aromatic heterocycles. The molecule has 0 spiro atoms. The Kier molecular flexibility index (Phi) is 1.50. The molecule has 1 N–H and O–H groups in total. The van der Waals surface area contributed by atoms with Gasteiger partial charge in [0.25, 0.3) is 0 Å². The van der Waals surface area contributed by atoms with E-state index in [4.69, 9.17) is 0 Å². The van der Waals surface area contributed by atoms with Gasteiger partial charge in [0.2, 0.25) is 5.91 Å². The summed E-state index contributed by atoms with van der Waals surface area (Å²) < 4.78 is 0. The molecular weight excluding hydrogens is 126 g/mol. The van der Waals surface area contributed by atoms with E-state index in [1.807, 2.05) is 6.92 Å². The van der Waals surface area contributed by atoms with Crippen molar-refractivity contribution in [3.8, 4) is 0 Å². The third-order valence-corrected chi connectivity index (χ3v) is 2.75. The van der Waals surface area contributed by atoms with Crippen molar-refractivity contribution in [2.45, 2.75) is 33.2 Å². The fraction of sp³-hybridized carbons (Fsp3) is 0.875. The first-order chi connectivity index (χ1) is 4.45. The molecule has 2 unspecified atom stereocenters. The van der Waals surface area contributed by atoms with Gasteiger partial charge in [-0.25, -0.2) is 0 Å². The highest BCUT2D eigenvalue weighted by molar-refractivity contribution is 5.82. The second-order valence-corrected chi connectivity index (χ2v) is 3.79. The fourth-order valence-electron chi connectivity index (χ4n) is 1.40. The molecular formula is C8H15NO. The Morgan fingerprint density at radius 2 is 1.90 bits per heavy atom. The van der Waals surface area contributed by atoms with Gasteiger partial charge in [-0.3, -0.25) is 4.79 Å². The van der Waals surface area contributed by atoms with E-state index in [1.54, 1.807) is 0 Å². The standard InChI is InChI=1S/C8H15NO/c1-5-6(2)8(3,4)9-7(5)10/h5-6H,1-4H3,(H,9,10). The van der Waals surface area contributed by atoms with E-state index in [0.717, 1.165) is 0 Å². The molecule has 0 aliphatic carbocycles. The Balaban J connectivity index is 2.81. The van der Waals surface area contributed by atoms with Crippen LogP contribution in [-0.4, -0.2) is 11.4 Å². The second-order valence-electron chi connectivity index (χ2n) is 3.79. The number of carbonyl (C=O) groups excluding carboxylic acids is 1. The van der Waals surface area contributed by atoms with Crippen LogP contribution in [0.3, 0.4) is 0 Å². The Morgan fingerprint density at radius 1 is 1.40 bits per heavy atom. The summed E-state index contributed by atoms with van der Waals surface area (Å²) >= 11 is 0. The van der Waals surface area contributed by atoms with Gasteiger partial charge in [0.15, 0.2) is 0 Å². The summed E-state index contributed by atoms with van der Waals surface area (Å²) in [5.41, 5.74) is -0.00347. The summed E-state index contributed by atoms with van der Waals surface area (Å²) in [4.78, 5) is 11.1. The monoisotopic (exact) mass is 141 g/mol. The highest BCUT2D eigenvalue weighted by Crippen LogP contribution is 2.30. The van der Waals surface area contributed by atoms with Gasteiger partial charge in [-0.05, 0) is 19.8 Å². The first-order valence-corrected chi connectivity index (χ1v) is 3.77. The van der Waals surface area contributed by atoms with Crippen LogP contribution in [0.5, 0.6) is 0 Å². The van der Waals surface area contributed by atoms with Gasteiger partial charge in [0.1, 0.15) is 0 Å². The Labute approximate surface area is 62.0 Å². The van der Waals surface area contributed by atoms with E-state index in [2.05, 4.69) is 26.1 Å². The Morgan fingerprint density at radius 3 is 2.00 bits per heavy atom. The van der Waals surface area contributed by atoms with Crippen molar-refractivity contribution in [3.05, 3.63) is 0 Å². The van der Waals surface area contributed by atoms with Crippen LogP contribution in [0.15, 0.2) is 0 Å². The molecule has 1 amide bonds.